The molecule has 0 spiro atoms. The normalized spacial score (nSPS) is 14.4. The number of fused-ring (bicyclic) bond motifs is 1. The van der Waals surface area contributed by atoms with Gasteiger partial charge in [0.15, 0.2) is 0 Å². The van der Waals surface area contributed by atoms with Gasteiger partial charge < -0.3 is 10.2 Å². The van der Waals surface area contributed by atoms with Crippen LogP contribution in [0.25, 0.3) is 10.9 Å². The average Bonchev–Trinajstić information content (AvgIpc) is 2.96. The maximum atomic E-state index is 13.5. The van der Waals surface area contributed by atoms with E-state index in [4.69, 9.17) is 0 Å². The fourth-order valence-corrected chi connectivity index (χ4v) is 3.03. The summed E-state index contributed by atoms with van der Waals surface area (Å²) in [5, 5.41) is 3.36. The minimum absolute atomic E-state index is 0.188. The summed E-state index contributed by atoms with van der Waals surface area (Å²) in [7, 11) is 0. The van der Waals surface area contributed by atoms with Gasteiger partial charge in [0.2, 0.25) is 5.91 Å². The number of likely N-dealkylation sites (tertiary alicyclic amines) is 1. The number of aromatic nitrogens is 1. The fraction of sp³-hybridized carbons (Fsp3) is 0.389. The van der Waals surface area contributed by atoms with Gasteiger partial charge >= 0.3 is 0 Å². The van der Waals surface area contributed by atoms with Gasteiger partial charge in [-0.15, -0.1) is 0 Å². The number of carbonyl (C=O) groups is 2. The summed E-state index contributed by atoms with van der Waals surface area (Å²) in [6, 6.07) is 5.91. The van der Waals surface area contributed by atoms with Crippen molar-refractivity contribution in [1.29, 1.82) is 0 Å². The van der Waals surface area contributed by atoms with Crippen LogP contribution in [-0.2, 0) is 4.79 Å². The standard InChI is InChI=1S/C18H20FN3O2/c1-12-10-15(14-11-13(19)5-6-16(14)21-12)18(24)20-7-3-9-22-8-2-4-17(22)23/h5-6,10-11H,2-4,7-9H2,1H3,(H,20,24). The van der Waals surface area contributed by atoms with E-state index in [2.05, 4.69) is 10.3 Å². The second-order valence-electron chi connectivity index (χ2n) is 6.07. The molecule has 0 bridgehead atoms. The summed E-state index contributed by atoms with van der Waals surface area (Å²) < 4.78 is 13.5. The number of hydrogen-bond donors (Lipinski definition) is 1. The molecule has 0 aliphatic carbocycles. The van der Waals surface area contributed by atoms with E-state index in [9.17, 15) is 14.0 Å². The van der Waals surface area contributed by atoms with E-state index in [-0.39, 0.29) is 11.8 Å². The number of rotatable bonds is 5. The maximum absolute atomic E-state index is 13.5. The first-order valence-electron chi connectivity index (χ1n) is 8.17. The highest BCUT2D eigenvalue weighted by molar-refractivity contribution is 6.06. The van der Waals surface area contributed by atoms with E-state index in [1.807, 2.05) is 4.90 Å². The number of halogens is 1. The first kappa shape index (κ1) is 16.4. The summed E-state index contributed by atoms with van der Waals surface area (Å²) >= 11 is 0. The first-order chi connectivity index (χ1) is 11.5. The van der Waals surface area contributed by atoms with Gasteiger partial charge in [0.25, 0.3) is 5.91 Å². The third kappa shape index (κ3) is 3.53. The number of carbonyl (C=O) groups excluding carboxylic acids is 2. The highest BCUT2D eigenvalue weighted by Crippen LogP contribution is 2.19. The molecule has 1 aliphatic heterocycles. The van der Waals surface area contributed by atoms with Crippen molar-refractivity contribution in [3.63, 3.8) is 0 Å². The van der Waals surface area contributed by atoms with Crippen molar-refractivity contribution in [1.82, 2.24) is 15.2 Å². The molecule has 0 unspecified atom stereocenters. The summed E-state index contributed by atoms with van der Waals surface area (Å²) in [4.78, 5) is 30.1. The van der Waals surface area contributed by atoms with Crippen molar-refractivity contribution in [2.45, 2.75) is 26.2 Å². The van der Waals surface area contributed by atoms with Crippen LogP contribution in [0.4, 0.5) is 4.39 Å². The Kier molecular flexibility index (Phi) is 4.74. The number of pyridine rings is 1. The predicted molar refractivity (Wildman–Crippen MR) is 89.2 cm³/mol. The molecule has 0 atom stereocenters. The van der Waals surface area contributed by atoms with Crippen LogP contribution in [0.2, 0.25) is 0 Å². The Bertz CT molecular complexity index is 791. The predicted octanol–water partition coefficient (Wildman–Crippen LogP) is 2.42. The quantitative estimate of drug-likeness (QED) is 0.857. The van der Waals surface area contributed by atoms with E-state index in [0.717, 1.165) is 13.0 Å². The third-order valence-corrected chi connectivity index (χ3v) is 4.21. The fourth-order valence-electron chi connectivity index (χ4n) is 3.03. The Morgan fingerprint density at radius 2 is 2.21 bits per heavy atom. The van der Waals surface area contributed by atoms with Crippen molar-refractivity contribution in [3.05, 3.63) is 41.3 Å². The molecule has 1 saturated heterocycles. The summed E-state index contributed by atoms with van der Waals surface area (Å²) in [6.45, 7) is 3.74. The van der Waals surface area contributed by atoms with Crippen LogP contribution >= 0.6 is 0 Å². The van der Waals surface area contributed by atoms with Gasteiger partial charge in [-0.2, -0.15) is 0 Å². The van der Waals surface area contributed by atoms with Crippen molar-refractivity contribution >= 4 is 22.7 Å². The lowest BCUT2D eigenvalue weighted by atomic mass is 10.1. The molecule has 0 saturated carbocycles. The molecular formula is C18H20FN3O2. The molecule has 2 heterocycles. The van der Waals surface area contributed by atoms with Crippen LogP contribution in [0.1, 0.15) is 35.3 Å². The molecule has 0 radical (unpaired) electrons. The summed E-state index contributed by atoms with van der Waals surface area (Å²) in [5.74, 6) is -0.453. The molecule has 2 aromatic rings. The molecule has 2 amide bonds. The van der Waals surface area contributed by atoms with Gasteiger partial charge in [-0.3, -0.25) is 14.6 Å². The Hall–Kier alpha value is -2.50. The second kappa shape index (κ2) is 6.95. The molecule has 1 N–H and O–H groups in total. The van der Waals surface area contributed by atoms with Gasteiger partial charge in [0.05, 0.1) is 11.1 Å². The monoisotopic (exact) mass is 329 g/mol. The topological polar surface area (TPSA) is 62.3 Å². The first-order valence-corrected chi connectivity index (χ1v) is 8.17. The Labute approximate surface area is 139 Å². The van der Waals surface area contributed by atoms with Crippen LogP contribution in [0.3, 0.4) is 0 Å². The number of nitrogens with zero attached hydrogens (tertiary/aromatic N) is 2. The van der Waals surface area contributed by atoms with Crippen LogP contribution in [0.5, 0.6) is 0 Å². The number of aryl methyl sites for hydroxylation is 1. The van der Waals surface area contributed by atoms with Crippen LogP contribution in [0.15, 0.2) is 24.3 Å². The lowest BCUT2D eigenvalue weighted by Crippen LogP contribution is -2.30. The van der Waals surface area contributed by atoms with Gasteiger partial charge in [-0.1, -0.05) is 0 Å². The van der Waals surface area contributed by atoms with Crippen LogP contribution in [0, 0.1) is 12.7 Å². The number of hydrogen-bond acceptors (Lipinski definition) is 3. The molecule has 6 heteroatoms. The van der Waals surface area contributed by atoms with Gasteiger partial charge in [-0.05, 0) is 44.0 Å². The van der Waals surface area contributed by atoms with Crippen molar-refractivity contribution in [2.75, 3.05) is 19.6 Å². The maximum Gasteiger partial charge on any atom is 0.252 e. The van der Waals surface area contributed by atoms with E-state index in [1.165, 1.54) is 12.1 Å². The SMILES string of the molecule is Cc1cc(C(=O)NCCCN2CCCC2=O)c2cc(F)ccc2n1. The van der Waals surface area contributed by atoms with Crippen molar-refractivity contribution < 1.29 is 14.0 Å². The second-order valence-corrected chi connectivity index (χ2v) is 6.07. The highest BCUT2D eigenvalue weighted by Gasteiger charge is 2.19. The minimum Gasteiger partial charge on any atom is -0.352 e. The number of nitrogens with one attached hydrogen (secondary N) is 1. The van der Waals surface area contributed by atoms with E-state index in [0.29, 0.717) is 48.1 Å². The lowest BCUT2D eigenvalue weighted by Gasteiger charge is -2.15. The average molecular weight is 329 g/mol. The van der Waals surface area contributed by atoms with E-state index >= 15 is 0 Å². The summed E-state index contributed by atoms with van der Waals surface area (Å²) in [6.07, 6.45) is 2.24. The van der Waals surface area contributed by atoms with Gasteiger partial charge in [0, 0.05) is 37.1 Å². The van der Waals surface area contributed by atoms with Crippen LogP contribution in [-0.4, -0.2) is 41.3 Å². The molecule has 1 aliphatic rings. The molecule has 24 heavy (non-hydrogen) atoms. The number of benzene rings is 1. The smallest absolute Gasteiger partial charge is 0.252 e. The molecular weight excluding hydrogens is 309 g/mol. The zero-order valence-corrected chi connectivity index (χ0v) is 13.6. The lowest BCUT2D eigenvalue weighted by molar-refractivity contribution is -0.127. The van der Waals surface area contributed by atoms with Gasteiger partial charge in [-0.25, -0.2) is 4.39 Å². The Balaban J connectivity index is 1.65. The number of amides is 2. The minimum atomic E-state index is -0.394. The zero-order chi connectivity index (χ0) is 17.1. The molecule has 126 valence electrons. The Morgan fingerprint density at radius 1 is 1.38 bits per heavy atom. The molecule has 1 aromatic carbocycles. The molecule has 1 aromatic heterocycles. The highest BCUT2D eigenvalue weighted by atomic mass is 19.1. The zero-order valence-electron chi connectivity index (χ0n) is 13.6. The van der Waals surface area contributed by atoms with Gasteiger partial charge in [0.1, 0.15) is 5.82 Å². The molecule has 1 fully saturated rings. The molecule has 3 rings (SSSR count). The Morgan fingerprint density at radius 3 is 2.96 bits per heavy atom. The third-order valence-electron chi connectivity index (χ3n) is 4.21. The van der Waals surface area contributed by atoms with Crippen molar-refractivity contribution in [2.24, 2.45) is 0 Å². The largest absolute Gasteiger partial charge is 0.352 e. The van der Waals surface area contributed by atoms with Crippen LogP contribution < -0.4 is 5.32 Å². The van der Waals surface area contributed by atoms with E-state index < -0.39 is 5.82 Å². The molecule has 5 nitrogen and oxygen atoms in total. The van der Waals surface area contributed by atoms with Crippen molar-refractivity contribution in [3.8, 4) is 0 Å². The van der Waals surface area contributed by atoms with E-state index in [1.54, 1.807) is 19.1 Å². The summed E-state index contributed by atoms with van der Waals surface area (Å²) in [5.41, 5.74) is 1.74.